The van der Waals surface area contributed by atoms with Crippen LogP contribution in [-0.4, -0.2) is 88.4 Å². The van der Waals surface area contributed by atoms with Crippen LogP contribution in [0.15, 0.2) is 48.5 Å². The van der Waals surface area contributed by atoms with Crippen LogP contribution < -0.4 is 15.5 Å². The number of amides is 6. The smallest absolute Gasteiger partial charge is 0.262 e. The molecule has 282 valence electrons. The minimum Gasteiger partial charge on any atom is -0.372 e. The van der Waals surface area contributed by atoms with Crippen LogP contribution in [0.4, 0.5) is 5.69 Å². The van der Waals surface area contributed by atoms with E-state index in [0.29, 0.717) is 54.8 Å². The molecule has 0 bridgehead atoms. The van der Waals surface area contributed by atoms with Gasteiger partial charge < -0.3 is 15.1 Å². The first-order valence-corrected chi connectivity index (χ1v) is 19.1. The summed E-state index contributed by atoms with van der Waals surface area (Å²) in [7, 11) is 2.04. The number of carbonyl (C=O) groups is 6. The van der Waals surface area contributed by atoms with Crippen LogP contribution in [0.1, 0.15) is 97.4 Å². The number of hydrogen-bond donors (Lipinski definition) is 2. The molecule has 0 radical (unpaired) electrons. The van der Waals surface area contributed by atoms with Crippen molar-refractivity contribution in [3.8, 4) is 6.07 Å². The van der Waals surface area contributed by atoms with E-state index >= 15 is 0 Å². The molecule has 1 saturated heterocycles. The highest BCUT2D eigenvalue weighted by molar-refractivity contribution is 6.32. The van der Waals surface area contributed by atoms with Crippen LogP contribution in [-0.2, 0) is 40.4 Å². The number of carbonyl (C=O) groups excluding carboxylic acids is 6. The second-order valence-corrected chi connectivity index (χ2v) is 15.6. The Morgan fingerprint density at radius 3 is 2.24 bits per heavy atom. The molecule has 0 spiro atoms. The Hall–Kier alpha value is -5.58. The van der Waals surface area contributed by atoms with E-state index in [9.17, 15) is 34.0 Å². The van der Waals surface area contributed by atoms with Crippen molar-refractivity contribution in [1.29, 1.82) is 5.26 Å². The number of benzene rings is 3. The van der Waals surface area contributed by atoms with Gasteiger partial charge in [-0.1, -0.05) is 17.7 Å². The summed E-state index contributed by atoms with van der Waals surface area (Å²) in [5.41, 5.74) is 6.32. The summed E-state index contributed by atoms with van der Waals surface area (Å²) < 4.78 is 0. The van der Waals surface area contributed by atoms with Gasteiger partial charge in [-0.15, -0.1) is 0 Å². The molecule has 4 aliphatic heterocycles. The molecule has 14 heteroatoms. The zero-order valence-corrected chi connectivity index (χ0v) is 31.2. The van der Waals surface area contributed by atoms with E-state index in [-0.39, 0.29) is 48.4 Å². The van der Waals surface area contributed by atoms with Gasteiger partial charge in [0.25, 0.3) is 17.7 Å². The second-order valence-electron chi connectivity index (χ2n) is 15.2. The van der Waals surface area contributed by atoms with E-state index < -0.39 is 29.7 Å². The fourth-order valence-electron chi connectivity index (χ4n) is 8.65. The monoisotopic (exact) mass is 761 g/mol. The molecule has 3 aromatic rings. The summed E-state index contributed by atoms with van der Waals surface area (Å²) in [4.78, 5) is 84.4. The normalized spacial score (nSPS) is 22.1. The molecular weight excluding hydrogens is 722 g/mol. The number of halogens is 1. The number of piperidine rings is 1. The molecule has 3 aromatic carbocycles. The number of rotatable bonds is 7. The second kappa shape index (κ2) is 14.6. The van der Waals surface area contributed by atoms with Crippen LogP contribution in [0.25, 0.3) is 0 Å². The Morgan fingerprint density at radius 1 is 0.873 bits per heavy atom. The molecule has 4 heterocycles. The zero-order chi connectivity index (χ0) is 38.5. The maximum Gasteiger partial charge on any atom is 0.262 e. The van der Waals surface area contributed by atoms with Gasteiger partial charge in [0.2, 0.25) is 17.7 Å². The third kappa shape index (κ3) is 6.96. The first-order valence-electron chi connectivity index (χ1n) is 18.7. The van der Waals surface area contributed by atoms with Crippen LogP contribution >= 0.6 is 11.6 Å². The molecular formula is C41H40ClN7O6. The van der Waals surface area contributed by atoms with Gasteiger partial charge in [0, 0.05) is 63.0 Å². The third-order valence-electron chi connectivity index (χ3n) is 11.8. The Balaban J connectivity index is 0.824. The lowest BCUT2D eigenvalue weighted by molar-refractivity contribution is -0.136. The predicted molar refractivity (Wildman–Crippen MR) is 201 cm³/mol. The van der Waals surface area contributed by atoms with E-state index in [0.717, 1.165) is 58.5 Å². The van der Waals surface area contributed by atoms with Crippen LogP contribution in [0.2, 0.25) is 5.02 Å². The first-order chi connectivity index (χ1) is 26.5. The highest BCUT2D eigenvalue weighted by Gasteiger charge is 2.45. The predicted octanol–water partition coefficient (Wildman–Crippen LogP) is 3.69. The number of imide groups is 2. The third-order valence-corrected chi connectivity index (χ3v) is 12.1. The number of fused-ring (bicyclic) bond motifs is 3. The fourth-order valence-corrected chi connectivity index (χ4v) is 8.87. The van der Waals surface area contributed by atoms with Gasteiger partial charge in [0.05, 0.1) is 28.3 Å². The Morgan fingerprint density at radius 2 is 1.58 bits per heavy atom. The van der Waals surface area contributed by atoms with Crippen molar-refractivity contribution in [2.45, 2.75) is 82.7 Å². The summed E-state index contributed by atoms with van der Waals surface area (Å²) in [6.07, 6.45) is 4.36. The topological polar surface area (TPSA) is 163 Å². The summed E-state index contributed by atoms with van der Waals surface area (Å²) >= 11 is 6.26. The summed E-state index contributed by atoms with van der Waals surface area (Å²) in [5.74, 6) is -2.26. The van der Waals surface area contributed by atoms with Crippen molar-refractivity contribution in [2.75, 3.05) is 25.0 Å². The molecule has 2 N–H and O–H groups in total. The van der Waals surface area contributed by atoms with Crippen molar-refractivity contribution < 1.29 is 28.8 Å². The van der Waals surface area contributed by atoms with Gasteiger partial charge in [-0.2, -0.15) is 5.26 Å². The van der Waals surface area contributed by atoms with E-state index in [4.69, 9.17) is 11.6 Å². The maximum atomic E-state index is 13.5. The Bertz CT molecular complexity index is 2160. The van der Waals surface area contributed by atoms with E-state index in [1.165, 1.54) is 0 Å². The van der Waals surface area contributed by atoms with Crippen molar-refractivity contribution >= 4 is 52.7 Å². The van der Waals surface area contributed by atoms with Gasteiger partial charge in [-0.25, -0.2) is 0 Å². The number of nitrogens with one attached hydrogen (secondary N) is 2. The zero-order valence-electron chi connectivity index (χ0n) is 30.4. The van der Waals surface area contributed by atoms with Crippen molar-refractivity contribution in [3.63, 3.8) is 0 Å². The lowest BCUT2D eigenvalue weighted by Crippen LogP contribution is -2.54. The van der Waals surface area contributed by atoms with Gasteiger partial charge in [0.1, 0.15) is 12.1 Å². The van der Waals surface area contributed by atoms with Gasteiger partial charge in [-0.3, -0.25) is 43.9 Å². The molecule has 13 nitrogen and oxygen atoms in total. The van der Waals surface area contributed by atoms with Crippen LogP contribution in [0, 0.1) is 11.3 Å². The molecule has 6 amide bonds. The SMILES string of the molecule is CN(c1ccc(C#N)c(Cl)c1)[C@H]1CC[C@H](NC(=O)c2ccc3c(c2)CCN(C(=O)CN2Cc4cc5c(cc4C2)C(=O)N(C2CCC(=O)NC2=O)C5=O)C3)CC1. The highest BCUT2D eigenvalue weighted by atomic mass is 35.5. The number of hydrogen-bond acceptors (Lipinski definition) is 9. The highest BCUT2D eigenvalue weighted by Crippen LogP contribution is 2.34. The molecule has 0 aromatic heterocycles. The van der Waals surface area contributed by atoms with E-state index in [1.54, 1.807) is 18.2 Å². The Labute approximate surface area is 323 Å². The first kappa shape index (κ1) is 36.4. The molecule has 55 heavy (non-hydrogen) atoms. The van der Waals surface area contributed by atoms with Crippen molar-refractivity contribution in [3.05, 3.63) is 98.1 Å². The molecule has 5 aliphatic rings. The van der Waals surface area contributed by atoms with E-state index in [1.807, 2.05) is 47.2 Å². The maximum absolute atomic E-state index is 13.5. The number of nitriles is 1. The standard InChI is InChI=1S/C41H40ClN7O6/c1-46(31-7-4-25(18-43)34(42)17-31)30-8-5-29(6-9-30)44-38(52)24-2-3-26-21-48(13-12-23(26)14-24)37(51)22-47-19-27-15-32-33(16-28(27)20-47)41(55)49(40(32)54)35-10-11-36(50)45-39(35)53/h2-4,7,14-17,29-30,35H,5-6,8-13,19-22H2,1H3,(H,44,52)(H,45,50,53)/t29-,30-,35?. The number of nitrogens with zero attached hydrogens (tertiary/aromatic N) is 5. The lowest BCUT2D eigenvalue weighted by Gasteiger charge is -2.36. The summed E-state index contributed by atoms with van der Waals surface area (Å²) in [5, 5.41) is 15.1. The van der Waals surface area contributed by atoms with Gasteiger partial charge in [0.15, 0.2) is 0 Å². The fraction of sp³-hybridized carbons (Fsp3) is 0.390. The molecule has 1 saturated carbocycles. The average Bonchev–Trinajstić information content (AvgIpc) is 3.68. The largest absolute Gasteiger partial charge is 0.372 e. The quantitative estimate of drug-likeness (QED) is 0.342. The molecule has 1 atom stereocenters. The van der Waals surface area contributed by atoms with Crippen molar-refractivity contribution in [2.24, 2.45) is 0 Å². The van der Waals surface area contributed by atoms with Gasteiger partial charge in [-0.05, 0) is 103 Å². The summed E-state index contributed by atoms with van der Waals surface area (Å²) in [6, 6.07) is 16.1. The lowest BCUT2D eigenvalue weighted by atomic mass is 9.89. The summed E-state index contributed by atoms with van der Waals surface area (Å²) in [6.45, 7) is 2.06. The molecule has 1 aliphatic carbocycles. The Kier molecular flexibility index (Phi) is 9.65. The molecule has 1 unspecified atom stereocenters. The van der Waals surface area contributed by atoms with Crippen LogP contribution in [0.5, 0.6) is 0 Å². The minimum absolute atomic E-state index is 0.0208. The average molecular weight is 762 g/mol. The van der Waals surface area contributed by atoms with E-state index in [2.05, 4.69) is 21.6 Å². The number of anilines is 1. The molecule has 8 rings (SSSR count). The molecule has 2 fully saturated rings. The van der Waals surface area contributed by atoms with Gasteiger partial charge >= 0.3 is 0 Å². The van der Waals surface area contributed by atoms with Crippen LogP contribution in [0.3, 0.4) is 0 Å². The minimum atomic E-state index is -1.01. The van der Waals surface area contributed by atoms with Crippen molar-refractivity contribution in [1.82, 2.24) is 25.3 Å².